The number of likely N-dealkylation sites (tertiary alicyclic amines) is 1. The Balaban J connectivity index is 1.95. The minimum Gasteiger partial charge on any atom is -0.342 e. The number of amides is 1. The van der Waals surface area contributed by atoms with E-state index in [0.29, 0.717) is 11.8 Å². The van der Waals surface area contributed by atoms with Gasteiger partial charge in [-0.3, -0.25) is 4.79 Å². The predicted molar refractivity (Wildman–Crippen MR) is 75.8 cm³/mol. The van der Waals surface area contributed by atoms with Crippen molar-refractivity contribution in [2.45, 2.75) is 58.3 Å². The van der Waals surface area contributed by atoms with Gasteiger partial charge >= 0.3 is 0 Å². The van der Waals surface area contributed by atoms with Crippen molar-refractivity contribution >= 4 is 17.5 Å². The van der Waals surface area contributed by atoms with Gasteiger partial charge in [0.05, 0.1) is 0 Å². The van der Waals surface area contributed by atoms with Crippen molar-refractivity contribution in [3.8, 4) is 0 Å². The lowest BCUT2D eigenvalue weighted by atomic mass is 9.74. The van der Waals surface area contributed by atoms with Crippen LogP contribution in [-0.4, -0.2) is 29.8 Å². The Morgan fingerprint density at radius 1 is 1.28 bits per heavy atom. The summed E-state index contributed by atoms with van der Waals surface area (Å²) in [6.07, 6.45) is 9.38. The lowest BCUT2D eigenvalue weighted by molar-refractivity contribution is -0.145. The third-order valence-corrected chi connectivity index (χ3v) is 5.02. The Kier molecular flexibility index (Phi) is 4.94. The van der Waals surface area contributed by atoms with Crippen LogP contribution >= 0.6 is 11.6 Å². The summed E-state index contributed by atoms with van der Waals surface area (Å²) >= 11 is 5.83. The van der Waals surface area contributed by atoms with E-state index in [-0.39, 0.29) is 5.41 Å². The van der Waals surface area contributed by atoms with Crippen LogP contribution in [0.15, 0.2) is 0 Å². The first-order valence-electron chi connectivity index (χ1n) is 7.51. The Labute approximate surface area is 116 Å². The van der Waals surface area contributed by atoms with Gasteiger partial charge in [-0.25, -0.2) is 0 Å². The van der Waals surface area contributed by atoms with Crippen LogP contribution < -0.4 is 0 Å². The maximum Gasteiger partial charge on any atom is 0.228 e. The van der Waals surface area contributed by atoms with Crippen LogP contribution in [0, 0.1) is 11.3 Å². The number of piperidine rings is 1. The molecule has 2 fully saturated rings. The molecule has 0 radical (unpaired) electrons. The van der Waals surface area contributed by atoms with Crippen molar-refractivity contribution in [3.63, 3.8) is 0 Å². The number of nitrogens with zero attached hydrogens (tertiary/aromatic N) is 1. The van der Waals surface area contributed by atoms with E-state index in [9.17, 15) is 4.79 Å². The Morgan fingerprint density at radius 3 is 2.67 bits per heavy atom. The normalized spacial score (nSPS) is 28.1. The molecule has 1 aliphatic heterocycles. The summed E-state index contributed by atoms with van der Waals surface area (Å²) in [4.78, 5) is 14.8. The molecule has 1 saturated heterocycles. The van der Waals surface area contributed by atoms with Crippen LogP contribution in [0.25, 0.3) is 0 Å². The lowest BCUT2D eigenvalue weighted by Gasteiger charge is -2.40. The number of carbonyl (C=O) groups excluding carboxylic acids is 1. The molecule has 1 unspecified atom stereocenters. The van der Waals surface area contributed by atoms with Gasteiger partial charge in [0.1, 0.15) is 0 Å². The molecule has 0 aromatic rings. The summed E-state index contributed by atoms with van der Waals surface area (Å²) in [5, 5.41) is 0. The third-order valence-electron chi connectivity index (χ3n) is 4.80. The average molecular weight is 272 g/mol. The molecule has 104 valence electrons. The highest BCUT2D eigenvalue weighted by Gasteiger charge is 2.38. The molecule has 0 bridgehead atoms. The number of rotatable bonds is 3. The fourth-order valence-corrected chi connectivity index (χ4v) is 3.88. The lowest BCUT2D eigenvalue weighted by Crippen LogP contribution is -2.47. The zero-order valence-electron chi connectivity index (χ0n) is 11.6. The summed E-state index contributed by atoms with van der Waals surface area (Å²) in [7, 11) is 0. The van der Waals surface area contributed by atoms with Crippen molar-refractivity contribution in [1.82, 2.24) is 4.90 Å². The molecule has 1 aliphatic carbocycles. The highest BCUT2D eigenvalue weighted by molar-refractivity contribution is 6.17. The monoisotopic (exact) mass is 271 g/mol. The van der Waals surface area contributed by atoms with E-state index in [0.717, 1.165) is 44.7 Å². The summed E-state index contributed by atoms with van der Waals surface area (Å²) in [5.74, 6) is 1.78. The number of carbonyl (C=O) groups is 1. The second-order valence-electron chi connectivity index (χ2n) is 6.36. The first kappa shape index (κ1) is 14.2. The van der Waals surface area contributed by atoms with Gasteiger partial charge < -0.3 is 4.90 Å². The van der Waals surface area contributed by atoms with Gasteiger partial charge in [0.25, 0.3) is 0 Å². The zero-order chi connectivity index (χ0) is 13.0. The van der Waals surface area contributed by atoms with Crippen LogP contribution in [0.1, 0.15) is 58.3 Å². The van der Waals surface area contributed by atoms with Crippen molar-refractivity contribution in [2.75, 3.05) is 19.0 Å². The molecule has 2 aliphatic rings. The average Bonchev–Trinajstić information content (AvgIpc) is 2.39. The molecule has 0 spiro atoms. The quantitative estimate of drug-likeness (QED) is 0.715. The van der Waals surface area contributed by atoms with Crippen molar-refractivity contribution < 1.29 is 4.79 Å². The first-order chi connectivity index (χ1) is 8.65. The van der Waals surface area contributed by atoms with Gasteiger partial charge in [-0.05, 0) is 38.0 Å². The molecule has 3 heteroatoms. The van der Waals surface area contributed by atoms with Crippen molar-refractivity contribution in [1.29, 1.82) is 0 Å². The summed E-state index contributed by atoms with van der Waals surface area (Å²) < 4.78 is 0. The molecule has 18 heavy (non-hydrogen) atoms. The number of halogens is 1. The molecule has 1 heterocycles. The largest absolute Gasteiger partial charge is 0.342 e. The highest BCUT2D eigenvalue weighted by Crippen LogP contribution is 2.38. The maximum atomic E-state index is 12.7. The minimum absolute atomic E-state index is 0.0683. The molecule has 0 N–H and O–H groups in total. The van der Waals surface area contributed by atoms with Crippen LogP contribution in [0.2, 0.25) is 0 Å². The van der Waals surface area contributed by atoms with Crippen LogP contribution in [0.5, 0.6) is 0 Å². The second kappa shape index (κ2) is 6.27. The number of alkyl halides is 1. The van der Waals surface area contributed by atoms with Gasteiger partial charge in [0.15, 0.2) is 0 Å². The zero-order valence-corrected chi connectivity index (χ0v) is 12.3. The molecule has 1 atom stereocenters. The molecule has 0 aromatic heterocycles. The summed E-state index contributed by atoms with van der Waals surface area (Å²) in [6, 6.07) is 0. The molecular formula is C15H26ClNO. The Hall–Kier alpha value is -0.240. The van der Waals surface area contributed by atoms with Gasteiger partial charge in [-0.15, -0.1) is 11.6 Å². The summed E-state index contributed by atoms with van der Waals surface area (Å²) in [6.45, 7) is 4.09. The molecule has 0 aromatic carbocycles. The van der Waals surface area contributed by atoms with Crippen LogP contribution in [-0.2, 0) is 4.79 Å². The Bertz CT molecular complexity index is 284. The third kappa shape index (κ3) is 3.20. The second-order valence-corrected chi connectivity index (χ2v) is 6.74. The number of hydrogen-bond acceptors (Lipinski definition) is 1. The van der Waals surface area contributed by atoms with Gasteiger partial charge in [0, 0.05) is 24.4 Å². The maximum absolute atomic E-state index is 12.7. The fraction of sp³-hybridized carbons (Fsp3) is 0.933. The van der Waals surface area contributed by atoms with E-state index >= 15 is 0 Å². The molecule has 1 saturated carbocycles. The molecular weight excluding hydrogens is 246 g/mol. The van der Waals surface area contributed by atoms with Crippen molar-refractivity contribution in [2.24, 2.45) is 11.3 Å². The van der Waals surface area contributed by atoms with E-state index in [4.69, 9.17) is 11.6 Å². The van der Waals surface area contributed by atoms with Crippen LogP contribution in [0.4, 0.5) is 0 Å². The fourth-order valence-electron chi connectivity index (χ4n) is 3.57. The van der Waals surface area contributed by atoms with E-state index in [2.05, 4.69) is 11.8 Å². The summed E-state index contributed by atoms with van der Waals surface area (Å²) in [5.41, 5.74) is -0.0683. The highest BCUT2D eigenvalue weighted by atomic mass is 35.5. The topological polar surface area (TPSA) is 20.3 Å². The van der Waals surface area contributed by atoms with Gasteiger partial charge in [0.2, 0.25) is 5.91 Å². The molecule has 1 amide bonds. The number of hydrogen-bond donors (Lipinski definition) is 0. The van der Waals surface area contributed by atoms with Crippen molar-refractivity contribution in [3.05, 3.63) is 0 Å². The van der Waals surface area contributed by atoms with Crippen LogP contribution in [0.3, 0.4) is 0 Å². The van der Waals surface area contributed by atoms with E-state index in [1.54, 1.807) is 0 Å². The predicted octanol–water partition coefficient (Wildman–Crippen LogP) is 3.82. The van der Waals surface area contributed by atoms with E-state index in [1.165, 1.54) is 25.7 Å². The standard InChI is InChI=1S/C15H26ClNO/c1-15(8-3-2-4-9-15)14(18)17-11-5-6-13(12-17)7-10-16/h13H,2-12H2,1H3. The van der Waals surface area contributed by atoms with E-state index < -0.39 is 0 Å². The molecule has 2 rings (SSSR count). The Morgan fingerprint density at radius 2 is 2.00 bits per heavy atom. The SMILES string of the molecule is CC1(C(=O)N2CCCC(CCCl)C2)CCCCC1. The molecule has 2 nitrogen and oxygen atoms in total. The van der Waals surface area contributed by atoms with Gasteiger partial charge in [-0.2, -0.15) is 0 Å². The smallest absolute Gasteiger partial charge is 0.228 e. The first-order valence-corrected chi connectivity index (χ1v) is 8.04. The minimum atomic E-state index is -0.0683. The van der Waals surface area contributed by atoms with Gasteiger partial charge in [-0.1, -0.05) is 26.2 Å². The van der Waals surface area contributed by atoms with E-state index in [1.807, 2.05) is 0 Å².